The highest BCUT2D eigenvalue weighted by molar-refractivity contribution is 7.10. The van der Waals surface area contributed by atoms with Crippen molar-refractivity contribution in [2.45, 2.75) is 13.1 Å². The van der Waals surface area contributed by atoms with Crippen LogP contribution in [0.5, 0.6) is 0 Å². The second-order valence-electron chi connectivity index (χ2n) is 3.02. The van der Waals surface area contributed by atoms with E-state index in [9.17, 15) is 8.78 Å². The Labute approximate surface area is 94.4 Å². The van der Waals surface area contributed by atoms with Gasteiger partial charge in [-0.1, -0.05) is 0 Å². The first kappa shape index (κ1) is 10.7. The highest BCUT2D eigenvalue weighted by atomic mass is 32.1. The van der Waals surface area contributed by atoms with Gasteiger partial charge in [0.1, 0.15) is 0 Å². The molecule has 0 aliphatic heterocycles. The quantitative estimate of drug-likeness (QED) is 0.870. The van der Waals surface area contributed by atoms with Gasteiger partial charge in [0.05, 0.1) is 0 Å². The minimum absolute atomic E-state index is 0.172. The summed E-state index contributed by atoms with van der Waals surface area (Å²) in [5.74, 6) is 0. The van der Waals surface area contributed by atoms with Gasteiger partial charge in [-0.15, -0.1) is 22.7 Å². The standard InChI is InChI=1S/C10H9F2NS2/c11-9-3-1-7(14-9)5-13-6-8-2-4-10(12)15-8/h1-4,13H,5-6H2. The first-order chi connectivity index (χ1) is 7.24. The maximum absolute atomic E-state index is 12.6. The molecule has 0 spiro atoms. The summed E-state index contributed by atoms with van der Waals surface area (Å²) in [5.41, 5.74) is 0. The van der Waals surface area contributed by atoms with Gasteiger partial charge >= 0.3 is 0 Å². The van der Waals surface area contributed by atoms with Gasteiger partial charge in [-0.2, -0.15) is 8.78 Å². The van der Waals surface area contributed by atoms with Crippen molar-refractivity contribution < 1.29 is 8.78 Å². The molecule has 0 aromatic carbocycles. The zero-order valence-electron chi connectivity index (χ0n) is 7.80. The van der Waals surface area contributed by atoms with Crippen molar-refractivity contribution in [3.05, 3.63) is 44.3 Å². The van der Waals surface area contributed by atoms with Crippen LogP contribution in [0.25, 0.3) is 0 Å². The Morgan fingerprint density at radius 1 is 0.867 bits per heavy atom. The molecule has 0 saturated heterocycles. The molecular weight excluding hydrogens is 236 g/mol. The summed E-state index contributed by atoms with van der Waals surface area (Å²) < 4.78 is 25.2. The maximum Gasteiger partial charge on any atom is 0.176 e. The molecular formula is C10H9F2NS2. The van der Waals surface area contributed by atoms with Crippen molar-refractivity contribution in [2.24, 2.45) is 0 Å². The van der Waals surface area contributed by atoms with E-state index < -0.39 is 0 Å². The van der Waals surface area contributed by atoms with Gasteiger partial charge in [0.15, 0.2) is 10.3 Å². The Bertz CT molecular complexity index is 396. The van der Waals surface area contributed by atoms with Crippen LogP contribution in [0.4, 0.5) is 8.78 Å². The van der Waals surface area contributed by atoms with Crippen LogP contribution in [0.15, 0.2) is 24.3 Å². The Kier molecular flexibility index (Phi) is 3.45. The summed E-state index contributed by atoms with van der Waals surface area (Å²) in [7, 11) is 0. The van der Waals surface area contributed by atoms with E-state index in [4.69, 9.17) is 0 Å². The molecule has 0 aliphatic rings. The normalized spacial score (nSPS) is 10.8. The monoisotopic (exact) mass is 245 g/mol. The molecule has 2 heterocycles. The summed E-state index contributed by atoms with van der Waals surface area (Å²) in [6, 6.07) is 6.41. The van der Waals surface area contributed by atoms with Gasteiger partial charge in [-0.3, -0.25) is 0 Å². The number of nitrogens with one attached hydrogen (secondary N) is 1. The second-order valence-corrected chi connectivity index (χ2v) is 5.25. The molecule has 0 atom stereocenters. The molecule has 5 heteroatoms. The Morgan fingerprint density at radius 3 is 1.67 bits per heavy atom. The maximum atomic E-state index is 12.6. The second kappa shape index (κ2) is 4.83. The zero-order valence-corrected chi connectivity index (χ0v) is 9.43. The van der Waals surface area contributed by atoms with Crippen LogP contribution in [-0.2, 0) is 13.1 Å². The van der Waals surface area contributed by atoms with E-state index >= 15 is 0 Å². The molecule has 2 aromatic heterocycles. The summed E-state index contributed by atoms with van der Waals surface area (Å²) >= 11 is 2.26. The van der Waals surface area contributed by atoms with Gasteiger partial charge in [0, 0.05) is 22.8 Å². The highest BCUT2D eigenvalue weighted by Gasteiger charge is 2.00. The molecule has 0 aliphatic carbocycles. The number of hydrogen-bond acceptors (Lipinski definition) is 3. The van der Waals surface area contributed by atoms with Crippen molar-refractivity contribution in [1.29, 1.82) is 0 Å². The molecule has 1 nitrogen and oxygen atoms in total. The van der Waals surface area contributed by atoms with E-state index in [-0.39, 0.29) is 10.3 Å². The Morgan fingerprint density at radius 2 is 1.33 bits per heavy atom. The molecule has 0 amide bonds. The number of halogens is 2. The third-order valence-electron chi connectivity index (χ3n) is 1.86. The van der Waals surface area contributed by atoms with Crippen LogP contribution in [0.1, 0.15) is 9.75 Å². The molecule has 0 bridgehead atoms. The van der Waals surface area contributed by atoms with Crippen LogP contribution in [-0.4, -0.2) is 0 Å². The molecule has 1 N–H and O–H groups in total. The minimum atomic E-state index is -0.172. The van der Waals surface area contributed by atoms with Crippen molar-refractivity contribution in [3.8, 4) is 0 Å². The van der Waals surface area contributed by atoms with Gasteiger partial charge in [0.2, 0.25) is 0 Å². The SMILES string of the molecule is Fc1ccc(CNCc2ccc(F)s2)s1. The fraction of sp³-hybridized carbons (Fsp3) is 0.200. The molecule has 0 saturated carbocycles. The average molecular weight is 245 g/mol. The van der Waals surface area contributed by atoms with Crippen LogP contribution in [0, 0.1) is 10.3 Å². The highest BCUT2D eigenvalue weighted by Crippen LogP contribution is 2.16. The summed E-state index contributed by atoms with van der Waals surface area (Å²) in [6.07, 6.45) is 0. The van der Waals surface area contributed by atoms with Gasteiger partial charge in [-0.05, 0) is 24.3 Å². The van der Waals surface area contributed by atoms with E-state index in [0.29, 0.717) is 13.1 Å². The molecule has 0 radical (unpaired) electrons. The van der Waals surface area contributed by atoms with Gasteiger partial charge < -0.3 is 5.32 Å². The van der Waals surface area contributed by atoms with Crippen LogP contribution < -0.4 is 5.32 Å². The molecule has 0 unspecified atom stereocenters. The van der Waals surface area contributed by atoms with E-state index in [1.807, 2.05) is 0 Å². The lowest BCUT2D eigenvalue weighted by Crippen LogP contribution is -2.10. The van der Waals surface area contributed by atoms with Gasteiger partial charge in [0.25, 0.3) is 0 Å². The Hall–Kier alpha value is -0.780. The smallest absolute Gasteiger partial charge is 0.176 e. The third kappa shape index (κ3) is 3.09. The third-order valence-corrected chi connectivity index (χ3v) is 3.60. The van der Waals surface area contributed by atoms with Crippen molar-refractivity contribution >= 4 is 22.7 Å². The molecule has 2 aromatic rings. The first-order valence-electron chi connectivity index (χ1n) is 4.43. The zero-order chi connectivity index (χ0) is 10.7. The van der Waals surface area contributed by atoms with Crippen LogP contribution in [0.2, 0.25) is 0 Å². The molecule has 80 valence electrons. The van der Waals surface area contributed by atoms with Crippen molar-refractivity contribution in [3.63, 3.8) is 0 Å². The fourth-order valence-corrected chi connectivity index (χ4v) is 2.60. The topological polar surface area (TPSA) is 12.0 Å². The summed E-state index contributed by atoms with van der Waals surface area (Å²) in [6.45, 7) is 1.24. The fourth-order valence-electron chi connectivity index (χ4n) is 1.20. The van der Waals surface area contributed by atoms with Crippen LogP contribution in [0.3, 0.4) is 0 Å². The van der Waals surface area contributed by atoms with Crippen molar-refractivity contribution in [1.82, 2.24) is 5.32 Å². The van der Waals surface area contributed by atoms with Crippen LogP contribution >= 0.6 is 22.7 Å². The number of thiophene rings is 2. The first-order valence-corrected chi connectivity index (χ1v) is 6.06. The van der Waals surface area contributed by atoms with E-state index in [2.05, 4.69) is 5.32 Å². The molecule has 15 heavy (non-hydrogen) atoms. The number of rotatable bonds is 4. The molecule has 0 fully saturated rings. The Balaban J connectivity index is 1.80. The predicted molar refractivity (Wildman–Crippen MR) is 59.1 cm³/mol. The minimum Gasteiger partial charge on any atom is -0.307 e. The lowest BCUT2D eigenvalue weighted by molar-refractivity contribution is 0.657. The summed E-state index contributed by atoms with van der Waals surface area (Å²) in [4.78, 5) is 1.90. The lowest BCUT2D eigenvalue weighted by atomic mass is 10.4. The summed E-state index contributed by atoms with van der Waals surface area (Å²) in [5, 5.41) is 2.79. The average Bonchev–Trinajstić information content (AvgIpc) is 2.76. The van der Waals surface area contributed by atoms with E-state index in [0.717, 1.165) is 32.4 Å². The van der Waals surface area contributed by atoms with E-state index in [1.165, 1.54) is 12.1 Å². The van der Waals surface area contributed by atoms with Gasteiger partial charge in [-0.25, -0.2) is 0 Å². The lowest BCUT2D eigenvalue weighted by Gasteiger charge is -1.99. The largest absolute Gasteiger partial charge is 0.307 e. The predicted octanol–water partition coefficient (Wildman–Crippen LogP) is 3.38. The number of hydrogen-bond donors (Lipinski definition) is 1. The molecule has 2 rings (SSSR count). The van der Waals surface area contributed by atoms with Crippen molar-refractivity contribution in [2.75, 3.05) is 0 Å². The van der Waals surface area contributed by atoms with E-state index in [1.54, 1.807) is 12.1 Å².